The van der Waals surface area contributed by atoms with Crippen molar-refractivity contribution >= 4 is 17.2 Å². The van der Waals surface area contributed by atoms with Crippen LogP contribution >= 0.6 is 11.3 Å². The first-order chi connectivity index (χ1) is 7.66. The number of amides is 1. The average Bonchev–Trinajstić information content (AvgIpc) is 2.87. The van der Waals surface area contributed by atoms with Gasteiger partial charge in [0, 0.05) is 11.1 Å². The van der Waals surface area contributed by atoms with Crippen LogP contribution in [0.25, 0.3) is 0 Å². The molecular weight excluding hydrogens is 226 g/mol. The summed E-state index contributed by atoms with van der Waals surface area (Å²) in [6.07, 6.45) is 3.09. The SMILES string of the molecule is Cc1cnc(C(C)NC(=O)c2ncn[nH]2)s1. The molecule has 0 saturated carbocycles. The van der Waals surface area contributed by atoms with Crippen molar-refractivity contribution in [2.75, 3.05) is 0 Å². The lowest BCUT2D eigenvalue weighted by atomic mass is 10.3. The molecule has 6 nitrogen and oxygen atoms in total. The maximum atomic E-state index is 11.6. The third-order valence-corrected chi connectivity index (χ3v) is 3.08. The van der Waals surface area contributed by atoms with Crippen molar-refractivity contribution in [1.29, 1.82) is 0 Å². The fourth-order valence-electron chi connectivity index (χ4n) is 1.21. The monoisotopic (exact) mass is 237 g/mol. The summed E-state index contributed by atoms with van der Waals surface area (Å²) in [5.41, 5.74) is 0. The molecular formula is C9H11N5OS. The van der Waals surface area contributed by atoms with Crippen LogP contribution < -0.4 is 5.32 Å². The van der Waals surface area contributed by atoms with E-state index in [1.165, 1.54) is 6.33 Å². The Kier molecular flexibility index (Phi) is 2.95. The standard InChI is InChI=1S/C9H11N5OS/c1-5-3-10-9(16-5)6(2)13-8(15)7-11-4-12-14-7/h3-4,6H,1-2H3,(H,13,15)(H,11,12,14). The minimum absolute atomic E-state index is 0.128. The molecule has 1 atom stereocenters. The summed E-state index contributed by atoms with van der Waals surface area (Å²) in [5, 5.41) is 9.79. The van der Waals surface area contributed by atoms with E-state index in [2.05, 4.69) is 25.5 Å². The van der Waals surface area contributed by atoms with E-state index >= 15 is 0 Å². The fourth-order valence-corrected chi connectivity index (χ4v) is 1.99. The molecule has 0 aromatic carbocycles. The van der Waals surface area contributed by atoms with E-state index < -0.39 is 0 Å². The van der Waals surface area contributed by atoms with Crippen LogP contribution in [0.5, 0.6) is 0 Å². The van der Waals surface area contributed by atoms with E-state index in [4.69, 9.17) is 0 Å². The summed E-state index contributed by atoms with van der Waals surface area (Å²) in [5.74, 6) is -0.0713. The molecule has 0 aliphatic carbocycles. The molecule has 2 heterocycles. The van der Waals surface area contributed by atoms with Crippen LogP contribution in [0.1, 0.15) is 33.5 Å². The van der Waals surface area contributed by atoms with E-state index in [-0.39, 0.29) is 17.8 Å². The molecule has 2 aromatic heterocycles. The largest absolute Gasteiger partial charge is 0.340 e. The first-order valence-electron chi connectivity index (χ1n) is 4.75. The van der Waals surface area contributed by atoms with Gasteiger partial charge in [0.25, 0.3) is 5.91 Å². The summed E-state index contributed by atoms with van der Waals surface area (Å²) in [6, 6.07) is -0.128. The molecule has 2 N–H and O–H groups in total. The lowest BCUT2D eigenvalue weighted by molar-refractivity contribution is 0.0929. The lowest BCUT2D eigenvalue weighted by Crippen LogP contribution is -2.27. The van der Waals surface area contributed by atoms with Crippen LogP contribution in [-0.4, -0.2) is 26.1 Å². The Morgan fingerprint density at radius 3 is 2.94 bits per heavy atom. The van der Waals surface area contributed by atoms with Gasteiger partial charge in [0.15, 0.2) is 0 Å². The van der Waals surface area contributed by atoms with Crippen LogP contribution in [-0.2, 0) is 0 Å². The Morgan fingerprint density at radius 1 is 1.56 bits per heavy atom. The van der Waals surface area contributed by atoms with Gasteiger partial charge in [-0.15, -0.1) is 11.3 Å². The van der Waals surface area contributed by atoms with Gasteiger partial charge < -0.3 is 5.32 Å². The zero-order valence-corrected chi connectivity index (χ0v) is 9.71. The fraction of sp³-hybridized carbons (Fsp3) is 0.333. The highest BCUT2D eigenvalue weighted by atomic mass is 32.1. The molecule has 2 aromatic rings. The zero-order chi connectivity index (χ0) is 11.5. The predicted octanol–water partition coefficient (Wildman–Crippen LogP) is 1.06. The normalized spacial score (nSPS) is 12.4. The number of aryl methyl sites for hydroxylation is 1. The molecule has 0 spiro atoms. The summed E-state index contributed by atoms with van der Waals surface area (Å²) >= 11 is 1.56. The van der Waals surface area contributed by atoms with Crippen molar-refractivity contribution in [3.63, 3.8) is 0 Å². The smallest absolute Gasteiger partial charge is 0.289 e. The third-order valence-electron chi connectivity index (χ3n) is 1.99. The Bertz CT molecular complexity index is 478. The van der Waals surface area contributed by atoms with Gasteiger partial charge >= 0.3 is 0 Å². The Morgan fingerprint density at radius 2 is 2.38 bits per heavy atom. The van der Waals surface area contributed by atoms with Gasteiger partial charge in [0.1, 0.15) is 11.3 Å². The van der Waals surface area contributed by atoms with Gasteiger partial charge in [-0.3, -0.25) is 9.89 Å². The van der Waals surface area contributed by atoms with Gasteiger partial charge in [-0.05, 0) is 13.8 Å². The van der Waals surface area contributed by atoms with Crippen molar-refractivity contribution in [3.05, 3.63) is 28.2 Å². The number of aromatic nitrogens is 4. The molecule has 2 rings (SSSR count). The number of H-pyrrole nitrogens is 1. The number of rotatable bonds is 3. The van der Waals surface area contributed by atoms with Crippen molar-refractivity contribution < 1.29 is 4.79 Å². The van der Waals surface area contributed by atoms with Crippen LogP contribution in [0.3, 0.4) is 0 Å². The Labute approximate surface area is 96.1 Å². The predicted molar refractivity (Wildman–Crippen MR) is 59.1 cm³/mol. The van der Waals surface area contributed by atoms with Crippen LogP contribution in [0.15, 0.2) is 12.5 Å². The maximum absolute atomic E-state index is 11.6. The van der Waals surface area contributed by atoms with Gasteiger partial charge in [0.05, 0.1) is 6.04 Å². The number of hydrogen-bond acceptors (Lipinski definition) is 5. The van der Waals surface area contributed by atoms with Crippen molar-refractivity contribution in [3.8, 4) is 0 Å². The van der Waals surface area contributed by atoms with E-state index in [1.54, 1.807) is 17.5 Å². The minimum atomic E-state index is -0.280. The second-order valence-corrected chi connectivity index (χ2v) is 4.60. The summed E-state index contributed by atoms with van der Waals surface area (Å²) in [4.78, 5) is 20.7. The minimum Gasteiger partial charge on any atom is -0.340 e. The number of nitrogens with zero attached hydrogens (tertiary/aromatic N) is 3. The molecule has 7 heteroatoms. The lowest BCUT2D eigenvalue weighted by Gasteiger charge is -2.09. The van der Waals surface area contributed by atoms with E-state index in [0.717, 1.165) is 9.88 Å². The average molecular weight is 237 g/mol. The maximum Gasteiger partial charge on any atom is 0.289 e. The molecule has 0 aliphatic heterocycles. The van der Waals surface area contributed by atoms with Gasteiger partial charge in [0.2, 0.25) is 5.82 Å². The number of thiazole rings is 1. The molecule has 84 valence electrons. The van der Waals surface area contributed by atoms with Crippen LogP contribution in [0, 0.1) is 6.92 Å². The highest BCUT2D eigenvalue weighted by molar-refractivity contribution is 7.11. The van der Waals surface area contributed by atoms with E-state index in [1.807, 2.05) is 13.8 Å². The number of nitrogens with one attached hydrogen (secondary N) is 2. The summed E-state index contributed by atoms with van der Waals surface area (Å²) in [6.45, 7) is 3.86. The quantitative estimate of drug-likeness (QED) is 0.836. The summed E-state index contributed by atoms with van der Waals surface area (Å²) < 4.78 is 0. The Hall–Kier alpha value is -1.76. The van der Waals surface area contributed by atoms with Gasteiger partial charge in [-0.2, -0.15) is 5.10 Å². The number of aromatic amines is 1. The van der Waals surface area contributed by atoms with Crippen LogP contribution in [0.2, 0.25) is 0 Å². The second kappa shape index (κ2) is 4.40. The van der Waals surface area contributed by atoms with Gasteiger partial charge in [-0.1, -0.05) is 0 Å². The molecule has 1 amide bonds. The molecule has 0 saturated heterocycles. The van der Waals surface area contributed by atoms with Crippen molar-refractivity contribution in [1.82, 2.24) is 25.5 Å². The van der Waals surface area contributed by atoms with Crippen molar-refractivity contribution in [2.24, 2.45) is 0 Å². The van der Waals surface area contributed by atoms with Gasteiger partial charge in [-0.25, -0.2) is 9.97 Å². The number of carbonyl (C=O) groups is 1. The molecule has 1 unspecified atom stereocenters. The molecule has 0 bridgehead atoms. The van der Waals surface area contributed by atoms with Crippen molar-refractivity contribution in [2.45, 2.75) is 19.9 Å². The summed E-state index contributed by atoms with van der Waals surface area (Å²) in [7, 11) is 0. The topological polar surface area (TPSA) is 83.6 Å². The first kappa shape index (κ1) is 10.7. The number of carbonyl (C=O) groups excluding carboxylic acids is 1. The number of hydrogen-bond donors (Lipinski definition) is 2. The molecule has 0 fully saturated rings. The highest BCUT2D eigenvalue weighted by Crippen LogP contribution is 2.18. The molecule has 0 radical (unpaired) electrons. The third kappa shape index (κ3) is 2.25. The highest BCUT2D eigenvalue weighted by Gasteiger charge is 2.15. The van der Waals surface area contributed by atoms with Crippen LogP contribution in [0.4, 0.5) is 0 Å². The molecule has 0 aliphatic rings. The van der Waals surface area contributed by atoms with E-state index in [0.29, 0.717) is 0 Å². The molecule has 16 heavy (non-hydrogen) atoms. The first-order valence-corrected chi connectivity index (χ1v) is 5.57. The zero-order valence-electron chi connectivity index (χ0n) is 8.89. The van der Waals surface area contributed by atoms with E-state index in [9.17, 15) is 4.79 Å². The Balaban J connectivity index is 2.03. The second-order valence-electron chi connectivity index (χ2n) is 3.34.